The van der Waals surface area contributed by atoms with Gasteiger partial charge in [-0.2, -0.15) is 0 Å². The van der Waals surface area contributed by atoms with Crippen LogP contribution in [0.3, 0.4) is 0 Å². The molecular formula is C12H23N3O3. The Labute approximate surface area is 108 Å². The largest absolute Gasteiger partial charge is 0.480 e. The number of likely N-dealkylation sites (tertiary alicyclic amines) is 1. The number of hydrogen-bond donors (Lipinski definition) is 1. The molecule has 0 radical (unpaired) electrons. The molecule has 1 rings (SSSR count). The lowest BCUT2D eigenvalue weighted by Crippen LogP contribution is -2.47. The van der Waals surface area contributed by atoms with Crippen LogP contribution in [0, 0.1) is 0 Å². The van der Waals surface area contributed by atoms with Gasteiger partial charge in [0.2, 0.25) is 0 Å². The van der Waals surface area contributed by atoms with Crippen molar-refractivity contribution in [3.05, 3.63) is 0 Å². The fraction of sp³-hybridized carbons (Fsp3) is 0.833. The first-order valence-corrected chi connectivity index (χ1v) is 6.32. The SMILES string of the molecule is CN(C)CCCN(C)C(=O)N1CCC[C@@H]1C(=O)O. The number of amides is 2. The molecule has 0 unspecified atom stereocenters. The van der Waals surface area contributed by atoms with Crippen molar-refractivity contribution >= 4 is 12.0 Å². The zero-order valence-electron chi connectivity index (χ0n) is 11.4. The normalized spacial score (nSPS) is 19.3. The van der Waals surface area contributed by atoms with E-state index < -0.39 is 12.0 Å². The van der Waals surface area contributed by atoms with Gasteiger partial charge >= 0.3 is 12.0 Å². The summed E-state index contributed by atoms with van der Waals surface area (Å²) in [6.45, 7) is 2.12. The molecule has 0 spiro atoms. The molecule has 0 aromatic heterocycles. The first-order chi connectivity index (χ1) is 8.43. The summed E-state index contributed by atoms with van der Waals surface area (Å²) in [6, 6.07) is -0.813. The number of hydrogen-bond acceptors (Lipinski definition) is 3. The fourth-order valence-corrected chi connectivity index (χ4v) is 2.19. The summed E-state index contributed by atoms with van der Waals surface area (Å²) in [6.07, 6.45) is 2.22. The minimum absolute atomic E-state index is 0.168. The highest BCUT2D eigenvalue weighted by molar-refractivity contribution is 5.83. The quantitative estimate of drug-likeness (QED) is 0.780. The number of urea groups is 1. The Hall–Kier alpha value is -1.30. The zero-order chi connectivity index (χ0) is 13.7. The molecule has 1 N–H and O–H groups in total. The van der Waals surface area contributed by atoms with Crippen LogP contribution in [0.4, 0.5) is 4.79 Å². The minimum atomic E-state index is -0.900. The summed E-state index contributed by atoms with van der Waals surface area (Å²) < 4.78 is 0. The van der Waals surface area contributed by atoms with Gasteiger partial charge in [-0.1, -0.05) is 0 Å². The van der Waals surface area contributed by atoms with Crippen LogP contribution in [0.2, 0.25) is 0 Å². The average molecular weight is 257 g/mol. The number of rotatable bonds is 5. The Morgan fingerprint density at radius 3 is 2.50 bits per heavy atom. The smallest absolute Gasteiger partial charge is 0.326 e. The van der Waals surface area contributed by atoms with Crippen LogP contribution in [0.1, 0.15) is 19.3 Å². The molecule has 0 aromatic carbocycles. The Morgan fingerprint density at radius 2 is 1.94 bits per heavy atom. The van der Waals surface area contributed by atoms with Crippen LogP contribution < -0.4 is 0 Å². The van der Waals surface area contributed by atoms with Crippen molar-refractivity contribution in [1.29, 1.82) is 0 Å². The lowest BCUT2D eigenvalue weighted by molar-refractivity contribution is -0.141. The number of aliphatic carboxylic acids is 1. The van der Waals surface area contributed by atoms with Crippen molar-refractivity contribution in [2.24, 2.45) is 0 Å². The summed E-state index contributed by atoms with van der Waals surface area (Å²) in [5.41, 5.74) is 0. The summed E-state index contributed by atoms with van der Waals surface area (Å²) in [4.78, 5) is 28.3. The van der Waals surface area contributed by atoms with E-state index in [0.29, 0.717) is 19.5 Å². The minimum Gasteiger partial charge on any atom is -0.480 e. The van der Waals surface area contributed by atoms with E-state index in [-0.39, 0.29) is 6.03 Å². The topological polar surface area (TPSA) is 64.1 Å². The maximum Gasteiger partial charge on any atom is 0.326 e. The number of carbonyl (C=O) groups excluding carboxylic acids is 1. The van der Waals surface area contributed by atoms with Gasteiger partial charge in [0.1, 0.15) is 6.04 Å². The summed E-state index contributed by atoms with van der Waals surface area (Å²) in [7, 11) is 5.71. The van der Waals surface area contributed by atoms with E-state index in [1.54, 1.807) is 11.9 Å². The van der Waals surface area contributed by atoms with Gasteiger partial charge in [0, 0.05) is 20.1 Å². The van der Waals surface area contributed by atoms with Crippen LogP contribution in [-0.4, -0.2) is 78.6 Å². The maximum atomic E-state index is 12.1. The van der Waals surface area contributed by atoms with Gasteiger partial charge < -0.3 is 19.8 Å². The Kier molecular flexibility index (Phi) is 5.40. The van der Waals surface area contributed by atoms with Crippen molar-refractivity contribution in [1.82, 2.24) is 14.7 Å². The second kappa shape index (κ2) is 6.58. The van der Waals surface area contributed by atoms with Crippen LogP contribution in [0.15, 0.2) is 0 Å². The summed E-state index contributed by atoms with van der Waals surface area (Å²) in [5, 5.41) is 9.04. The van der Waals surface area contributed by atoms with Crippen molar-refractivity contribution in [3.8, 4) is 0 Å². The predicted octanol–water partition coefficient (Wildman–Crippen LogP) is 0.539. The fourth-order valence-electron chi connectivity index (χ4n) is 2.19. The molecule has 1 aliphatic heterocycles. The van der Waals surface area contributed by atoms with Crippen molar-refractivity contribution in [2.75, 3.05) is 40.8 Å². The van der Waals surface area contributed by atoms with Crippen molar-refractivity contribution in [2.45, 2.75) is 25.3 Å². The summed E-state index contributed by atoms with van der Waals surface area (Å²) in [5.74, 6) is -0.900. The number of carboxylic acid groups (broad SMARTS) is 1. The number of carboxylic acids is 1. The van der Waals surface area contributed by atoms with Gasteiger partial charge in [-0.3, -0.25) is 0 Å². The van der Waals surface area contributed by atoms with E-state index in [0.717, 1.165) is 19.4 Å². The van der Waals surface area contributed by atoms with Gasteiger partial charge in [-0.15, -0.1) is 0 Å². The highest BCUT2D eigenvalue weighted by Crippen LogP contribution is 2.18. The average Bonchev–Trinajstić information content (AvgIpc) is 2.76. The molecule has 0 aromatic rings. The third-order valence-electron chi connectivity index (χ3n) is 3.21. The molecule has 1 heterocycles. The van der Waals surface area contributed by atoms with Crippen molar-refractivity contribution in [3.63, 3.8) is 0 Å². The predicted molar refractivity (Wildman–Crippen MR) is 68.6 cm³/mol. The van der Waals surface area contributed by atoms with E-state index in [4.69, 9.17) is 5.11 Å². The molecule has 6 heteroatoms. The maximum absolute atomic E-state index is 12.1. The molecule has 1 fully saturated rings. The molecule has 1 aliphatic rings. The molecule has 0 aliphatic carbocycles. The first kappa shape index (κ1) is 14.8. The molecule has 6 nitrogen and oxygen atoms in total. The molecule has 0 bridgehead atoms. The van der Waals surface area contributed by atoms with Gasteiger partial charge in [0.15, 0.2) is 0 Å². The molecule has 1 atom stereocenters. The monoisotopic (exact) mass is 257 g/mol. The van der Waals surface area contributed by atoms with E-state index in [1.807, 2.05) is 14.1 Å². The molecular weight excluding hydrogens is 234 g/mol. The highest BCUT2D eigenvalue weighted by Gasteiger charge is 2.35. The standard InChI is InChI=1S/C12H23N3O3/c1-13(2)7-5-8-14(3)12(18)15-9-4-6-10(15)11(16)17/h10H,4-9H2,1-3H3,(H,16,17)/t10-/m1/s1. The molecule has 104 valence electrons. The second-order valence-electron chi connectivity index (χ2n) is 5.05. The third-order valence-corrected chi connectivity index (χ3v) is 3.21. The zero-order valence-corrected chi connectivity index (χ0v) is 11.4. The third kappa shape index (κ3) is 3.87. The van der Waals surface area contributed by atoms with Crippen LogP contribution in [0.5, 0.6) is 0 Å². The highest BCUT2D eigenvalue weighted by atomic mass is 16.4. The van der Waals surface area contributed by atoms with Crippen LogP contribution >= 0.6 is 0 Å². The van der Waals surface area contributed by atoms with Gasteiger partial charge in [-0.05, 0) is 39.9 Å². The van der Waals surface area contributed by atoms with E-state index in [1.165, 1.54) is 4.90 Å². The van der Waals surface area contributed by atoms with E-state index >= 15 is 0 Å². The Balaban J connectivity index is 2.45. The molecule has 2 amide bonds. The van der Waals surface area contributed by atoms with Gasteiger partial charge in [-0.25, -0.2) is 9.59 Å². The molecule has 18 heavy (non-hydrogen) atoms. The second-order valence-corrected chi connectivity index (χ2v) is 5.05. The van der Waals surface area contributed by atoms with Crippen LogP contribution in [-0.2, 0) is 4.79 Å². The lowest BCUT2D eigenvalue weighted by atomic mass is 10.2. The number of nitrogens with zero attached hydrogens (tertiary/aromatic N) is 3. The van der Waals surface area contributed by atoms with E-state index in [9.17, 15) is 9.59 Å². The number of carbonyl (C=O) groups is 2. The Bertz CT molecular complexity index is 307. The first-order valence-electron chi connectivity index (χ1n) is 6.32. The van der Waals surface area contributed by atoms with E-state index in [2.05, 4.69) is 4.90 Å². The lowest BCUT2D eigenvalue weighted by Gasteiger charge is -2.27. The molecule has 1 saturated heterocycles. The van der Waals surface area contributed by atoms with Crippen LogP contribution in [0.25, 0.3) is 0 Å². The van der Waals surface area contributed by atoms with Gasteiger partial charge in [0.05, 0.1) is 0 Å². The van der Waals surface area contributed by atoms with Crippen molar-refractivity contribution < 1.29 is 14.7 Å². The van der Waals surface area contributed by atoms with Gasteiger partial charge in [0.25, 0.3) is 0 Å². The Morgan fingerprint density at radius 1 is 1.28 bits per heavy atom. The molecule has 0 saturated carbocycles. The summed E-state index contributed by atoms with van der Waals surface area (Å²) >= 11 is 0.